The van der Waals surface area contributed by atoms with Crippen LogP contribution in [0.25, 0.3) is 21.9 Å². The number of carbonyl (C=O) groups excluding carboxylic acids is 1. The van der Waals surface area contributed by atoms with E-state index in [9.17, 15) is 9.59 Å². The Labute approximate surface area is 171 Å². The van der Waals surface area contributed by atoms with Crippen LogP contribution in [0, 0.1) is 0 Å². The van der Waals surface area contributed by atoms with Crippen LogP contribution < -0.4 is 0 Å². The molecule has 0 bridgehead atoms. The molecular weight excluding hydrogens is 400 g/mol. The molecule has 0 aliphatic carbocycles. The second-order valence-electron chi connectivity index (χ2n) is 6.72. The van der Waals surface area contributed by atoms with Crippen LogP contribution in [-0.4, -0.2) is 58.8 Å². The van der Waals surface area contributed by atoms with Gasteiger partial charge in [0.2, 0.25) is 5.91 Å². The number of nitrogens with zero attached hydrogens (tertiary/aromatic N) is 2. The van der Waals surface area contributed by atoms with Gasteiger partial charge in [0.1, 0.15) is 11.2 Å². The van der Waals surface area contributed by atoms with Crippen LogP contribution in [-0.2, 0) is 10.5 Å². The Bertz CT molecular complexity index is 1040. The van der Waals surface area contributed by atoms with E-state index in [4.69, 9.17) is 21.1 Å². The molecule has 1 aliphatic rings. The number of thioether (sulfide) groups is 1. The lowest BCUT2D eigenvalue weighted by atomic mass is 10.1. The smallest absolute Gasteiger partial charge is 0.407 e. The molecule has 0 radical (unpaired) electrons. The number of rotatable bonds is 4. The van der Waals surface area contributed by atoms with Gasteiger partial charge in [-0.05, 0) is 35.9 Å². The van der Waals surface area contributed by atoms with Crippen molar-refractivity contribution in [2.75, 3.05) is 31.9 Å². The molecule has 3 aromatic rings. The first kappa shape index (κ1) is 19.0. The maximum atomic E-state index is 12.4. The fourth-order valence-electron chi connectivity index (χ4n) is 3.38. The maximum absolute atomic E-state index is 12.4. The number of furan rings is 1. The number of carboxylic acid groups (broad SMARTS) is 1. The van der Waals surface area contributed by atoms with Crippen molar-refractivity contribution in [3.05, 3.63) is 47.0 Å². The van der Waals surface area contributed by atoms with Gasteiger partial charge in [-0.15, -0.1) is 11.8 Å². The monoisotopic (exact) mass is 418 g/mol. The van der Waals surface area contributed by atoms with Crippen molar-refractivity contribution in [1.82, 2.24) is 9.80 Å². The zero-order chi connectivity index (χ0) is 19.7. The van der Waals surface area contributed by atoms with E-state index in [1.54, 1.807) is 16.7 Å². The minimum absolute atomic E-state index is 0.0525. The maximum Gasteiger partial charge on any atom is 0.407 e. The van der Waals surface area contributed by atoms with Crippen LogP contribution in [0.2, 0.25) is 5.02 Å². The molecule has 0 spiro atoms. The number of hydrogen-bond donors (Lipinski definition) is 1. The first-order valence-corrected chi connectivity index (χ1v) is 10.5. The largest absolute Gasteiger partial charge is 0.465 e. The lowest BCUT2D eigenvalue weighted by molar-refractivity contribution is -0.129. The minimum Gasteiger partial charge on any atom is -0.465 e. The summed E-state index contributed by atoms with van der Waals surface area (Å²) in [5.41, 5.74) is 2.74. The van der Waals surface area contributed by atoms with Crippen molar-refractivity contribution in [1.29, 1.82) is 0 Å². The molecular formula is C20H19ClN2O4S. The number of piperazine rings is 1. The van der Waals surface area contributed by atoms with Crippen molar-refractivity contribution in [3.8, 4) is 0 Å². The molecule has 1 aliphatic heterocycles. The zero-order valence-corrected chi connectivity index (χ0v) is 16.6. The lowest BCUT2D eigenvalue weighted by Crippen LogP contribution is -2.50. The number of carbonyl (C=O) groups is 2. The molecule has 1 fully saturated rings. The van der Waals surface area contributed by atoms with Crippen LogP contribution in [0.1, 0.15) is 5.56 Å². The van der Waals surface area contributed by atoms with E-state index in [0.717, 1.165) is 27.5 Å². The fraction of sp³-hybridized carbons (Fsp3) is 0.300. The Morgan fingerprint density at radius 1 is 1.00 bits per heavy atom. The Hall–Kier alpha value is -2.38. The number of hydrogen-bond acceptors (Lipinski definition) is 4. The van der Waals surface area contributed by atoms with Gasteiger partial charge in [-0.25, -0.2) is 4.79 Å². The molecule has 4 rings (SSSR count). The molecule has 28 heavy (non-hydrogen) atoms. The van der Waals surface area contributed by atoms with Crippen LogP contribution >= 0.6 is 23.4 Å². The average Bonchev–Trinajstić information content (AvgIpc) is 3.05. The summed E-state index contributed by atoms with van der Waals surface area (Å²) < 4.78 is 5.84. The van der Waals surface area contributed by atoms with E-state index in [1.807, 2.05) is 30.3 Å². The SMILES string of the molecule is O=C(O)N1CCN(C(=O)CSCc2ccc3oc4ccc(Cl)cc4c3c2)CC1. The standard InChI is InChI=1S/C20H19ClN2O4S/c21-14-2-4-18-16(10-14)15-9-13(1-3-17(15)27-18)11-28-12-19(24)22-5-7-23(8-6-22)20(25)26/h1-4,9-10H,5-8,11-12H2,(H,25,26). The fourth-order valence-corrected chi connectivity index (χ4v) is 4.43. The quantitative estimate of drug-likeness (QED) is 0.684. The number of benzene rings is 2. The first-order valence-electron chi connectivity index (χ1n) is 8.95. The summed E-state index contributed by atoms with van der Waals surface area (Å²) in [7, 11) is 0. The topological polar surface area (TPSA) is 74.0 Å². The summed E-state index contributed by atoms with van der Waals surface area (Å²) in [5, 5.41) is 11.7. The van der Waals surface area contributed by atoms with Crippen molar-refractivity contribution in [2.45, 2.75) is 5.75 Å². The van der Waals surface area contributed by atoms with Crippen LogP contribution in [0.15, 0.2) is 40.8 Å². The van der Waals surface area contributed by atoms with E-state index in [1.165, 1.54) is 4.90 Å². The summed E-state index contributed by atoms with van der Waals surface area (Å²) in [5.74, 6) is 1.14. The molecule has 0 unspecified atom stereocenters. The number of amides is 2. The Morgan fingerprint density at radius 3 is 2.36 bits per heavy atom. The van der Waals surface area contributed by atoms with Gasteiger partial charge in [-0.1, -0.05) is 17.7 Å². The Morgan fingerprint density at radius 2 is 1.64 bits per heavy atom. The van der Waals surface area contributed by atoms with Gasteiger partial charge >= 0.3 is 6.09 Å². The van der Waals surface area contributed by atoms with Crippen molar-refractivity contribution in [2.24, 2.45) is 0 Å². The molecule has 1 aromatic heterocycles. The highest BCUT2D eigenvalue weighted by Crippen LogP contribution is 2.32. The first-order chi connectivity index (χ1) is 13.5. The van der Waals surface area contributed by atoms with Gasteiger partial charge in [0.15, 0.2) is 0 Å². The summed E-state index contributed by atoms with van der Waals surface area (Å²) in [6.07, 6.45) is -0.926. The normalized spacial score (nSPS) is 14.8. The molecule has 2 aromatic carbocycles. The van der Waals surface area contributed by atoms with Gasteiger partial charge in [0, 0.05) is 47.7 Å². The summed E-state index contributed by atoms with van der Waals surface area (Å²) in [4.78, 5) is 26.4. The minimum atomic E-state index is -0.926. The Balaban J connectivity index is 1.36. The van der Waals surface area contributed by atoms with Gasteiger partial charge in [0.05, 0.1) is 5.75 Å². The predicted molar refractivity (Wildman–Crippen MR) is 111 cm³/mol. The Kier molecular flexibility index (Phi) is 5.37. The highest BCUT2D eigenvalue weighted by molar-refractivity contribution is 7.99. The van der Waals surface area contributed by atoms with Gasteiger partial charge in [-0.2, -0.15) is 0 Å². The molecule has 146 valence electrons. The van der Waals surface area contributed by atoms with Crippen LogP contribution in [0.3, 0.4) is 0 Å². The van der Waals surface area contributed by atoms with E-state index in [0.29, 0.717) is 42.7 Å². The van der Waals surface area contributed by atoms with E-state index in [2.05, 4.69) is 6.07 Å². The molecule has 8 heteroatoms. The van der Waals surface area contributed by atoms with Gasteiger partial charge in [0.25, 0.3) is 0 Å². The van der Waals surface area contributed by atoms with Gasteiger partial charge in [-0.3, -0.25) is 4.79 Å². The number of fused-ring (bicyclic) bond motifs is 3. The third-order valence-corrected chi connectivity index (χ3v) is 6.12. The predicted octanol–water partition coefficient (Wildman–Crippen LogP) is 4.29. The van der Waals surface area contributed by atoms with Crippen molar-refractivity contribution in [3.63, 3.8) is 0 Å². The van der Waals surface area contributed by atoms with Crippen LogP contribution in [0.5, 0.6) is 0 Å². The third-order valence-electron chi connectivity index (χ3n) is 4.89. The second-order valence-corrected chi connectivity index (χ2v) is 8.14. The van der Waals surface area contributed by atoms with Crippen molar-refractivity contribution >= 4 is 57.3 Å². The molecule has 1 N–H and O–H groups in total. The summed E-state index contributed by atoms with van der Waals surface area (Å²) in [6.45, 7) is 1.66. The van der Waals surface area contributed by atoms with Gasteiger partial charge < -0.3 is 19.3 Å². The molecule has 0 saturated carbocycles. The summed E-state index contributed by atoms with van der Waals surface area (Å²) >= 11 is 7.67. The van der Waals surface area contributed by atoms with E-state index >= 15 is 0 Å². The molecule has 0 atom stereocenters. The third kappa shape index (κ3) is 3.91. The highest BCUT2D eigenvalue weighted by atomic mass is 35.5. The van der Waals surface area contributed by atoms with E-state index < -0.39 is 6.09 Å². The van der Waals surface area contributed by atoms with Crippen LogP contribution in [0.4, 0.5) is 4.79 Å². The molecule has 1 saturated heterocycles. The lowest BCUT2D eigenvalue weighted by Gasteiger charge is -2.33. The van der Waals surface area contributed by atoms with E-state index in [-0.39, 0.29) is 5.91 Å². The molecule has 6 nitrogen and oxygen atoms in total. The molecule has 2 heterocycles. The second kappa shape index (κ2) is 7.93. The number of halogens is 1. The zero-order valence-electron chi connectivity index (χ0n) is 15.1. The van der Waals surface area contributed by atoms with Crippen molar-refractivity contribution < 1.29 is 19.1 Å². The highest BCUT2D eigenvalue weighted by Gasteiger charge is 2.23. The molecule has 2 amide bonds. The average molecular weight is 419 g/mol. The summed E-state index contributed by atoms with van der Waals surface area (Å²) in [6, 6.07) is 11.6.